The normalized spacial score (nSPS) is 10.6. The Morgan fingerprint density at radius 2 is 2.06 bits per heavy atom. The zero-order valence-electron chi connectivity index (χ0n) is 10.5. The van der Waals surface area contributed by atoms with E-state index in [9.17, 15) is 4.39 Å². The average Bonchev–Trinajstić information content (AvgIpc) is 2.75. The number of thiophene rings is 1. The summed E-state index contributed by atoms with van der Waals surface area (Å²) in [6, 6.07) is 8.78. The number of methoxy groups -OCH3 is 1. The maximum atomic E-state index is 13.2. The molecule has 96 valence electrons. The second kappa shape index (κ2) is 5.98. The average molecular weight is 265 g/mol. The highest BCUT2D eigenvalue weighted by Gasteiger charge is 2.04. The van der Waals surface area contributed by atoms with Crippen LogP contribution in [0.2, 0.25) is 0 Å². The van der Waals surface area contributed by atoms with Crippen LogP contribution in [0.4, 0.5) is 4.39 Å². The number of halogens is 1. The molecule has 0 saturated carbocycles. The third kappa shape index (κ3) is 3.31. The van der Waals surface area contributed by atoms with Gasteiger partial charge in [-0.15, -0.1) is 11.3 Å². The molecule has 0 spiro atoms. The van der Waals surface area contributed by atoms with Gasteiger partial charge >= 0.3 is 0 Å². The van der Waals surface area contributed by atoms with Crippen molar-refractivity contribution in [3.8, 4) is 5.75 Å². The smallest absolute Gasteiger partial charge is 0.123 e. The first-order chi connectivity index (χ1) is 8.69. The lowest BCUT2D eigenvalue weighted by molar-refractivity contribution is 0.406. The van der Waals surface area contributed by atoms with E-state index in [1.54, 1.807) is 24.5 Å². The first-order valence-electron chi connectivity index (χ1n) is 5.77. The van der Waals surface area contributed by atoms with Crippen molar-refractivity contribution in [3.05, 3.63) is 51.5 Å². The molecule has 0 amide bonds. The van der Waals surface area contributed by atoms with Crippen molar-refractivity contribution in [3.63, 3.8) is 0 Å². The molecule has 1 aromatic carbocycles. The third-order valence-corrected chi connectivity index (χ3v) is 3.65. The van der Waals surface area contributed by atoms with Crippen LogP contribution in [-0.4, -0.2) is 7.11 Å². The molecular formula is C14H16FNOS. The van der Waals surface area contributed by atoms with Crippen molar-refractivity contribution in [1.29, 1.82) is 0 Å². The zero-order chi connectivity index (χ0) is 13.0. The van der Waals surface area contributed by atoms with E-state index in [4.69, 9.17) is 4.74 Å². The fourth-order valence-corrected chi connectivity index (χ4v) is 2.65. The van der Waals surface area contributed by atoms with E-state index in [0.29, 0.717) is 12.3 Å². The molecular weight excluding hydrogens is 249 g/mol. The summed E-state index contributed by atoms with van der Waals surface area (Å²) in [6.45, 7) is 3.47. The van der Waals surface area contributed by atoms with Gasteiger partial charge in [-0.05, 0) is 37.3 Å². The molecule has 4 heteroatoms. The van der Waals surface area contributed by atoms with Gasteiger partial charge in [0.25, 0.3) is 0 Å². The van der Waals surface area contributed by atoms with Crippen LogP contribution in [0.3, 0.4) is 0 Å². The zero-order valence-corrected chi connectivity index (χ0v) is 11.3. The predicted molar refractivity (Wildman–Crippen MR) is 72.6 cm³/mol. The number of ether oxygens (including phenoxy) is 1. The summed E-state index contributed by atoms with van der Waals surface area (Å²) in [4.78, 5) is 2.58. The van der Waals surface area contributed by atoms with Crippen molar-refractivity contribution in [2.45, 2.75) is 20.0 Å². The van der Waals surface area contributed by atoms with Gasteiger partial charge in [0.1, 0.15) is 11.6 Å². The Kier molecular flexibility index (Phi) is 4.33. The number of aryl methyl sites for hydroxylation is 1. The lowest BCUT2D eigenvalue weighted by Crippen LogP contribution is -2.12. The Morgan fingerprint density at radius 1 is 1.22 bits per heavy atom. The molecule has 1 heterocycles. The molecule has 2 rings (SSSR count). The van der Waals surface area contributed by atoms with Crippen LogP contribution in [0.25, 0.3) is 0 Å². The van der Waals surface area contributed by atoms with E-state index in [1.165, 1.54) is 21.9 Å². The maximum Gasteiger partial charge on any atom is 0.123 e. The van der Waals surface area contributed by atoms with Crippen molar-refractivity contribution in [1.82, 2.24) is 5.32 Å². The molecule has 0 aliphatic carbocycles. The Balaban J connectivity index is 1.95. The molecule has 2 nitrogen and oxygen atoms in total. The Bertz CT molecular complexity index is 524. The number of nitrogens with one attached hydrogen (secondary N) is 1. The molecule has 18 heavy (non-hydrogen) atoms. The van der Waals surface area contributed by atoms with E-state index >= 15 is 0 Å². The van der Waals surface area contributed by atoms with Crippen molar-refractivity contribution in [2.75, 3.05) is 7.11 Å². The van der Waals surface area contributed by atoms with Gasteiger partial charge < -0.3 is 10.1 Å². The number of rotatable bonds is 5. The maximum absolute atomic E-state index is 13.2. The van der Waals surface area contributed by atoms with E-state index in [-0.39, 0.29) is 5.82 Å². The SMILES string of the molecule is COc1ccc(F)cc1CNCc1ccc(C)s1. The number of hydrogen-bond acceptors (Lipinski definition) is 3. The van der Waals surface area contributed by atoms with Crippen LogP contribution >= 0.6 is 11.3 Å². The first kappa shape index (κ1) is 13.1. The Labute approximate surface area is 110 Å². The summed E-state index contributed by atoms with van der Waals surface area (Å²) in [7, 11) is 1.60. The van der Waals surface area contributed by atoms with Crippen LogP contribution in [0.5, 0.6) is 5.75 Å². The molecule has 0 unspecified atom stereocenters. The predicted octanol–water partition coefficient (Wildman–Crippen LogP) is 3.49. The topological polar surface area (TPSA) is 21.3 Å². The standard InChI is InChI=1S/C14H16FNOS/c1-10-3-5-13(18-10)9-16-8-11-7-12(15)4-6-14(11)17-2/h3-7,16H,8-9H2,1-2H3. The monoisotopic (exact) mass is 265 g/mol. The van der Waals surface area contributed by atoms with Crippen molar-refractivity contribution in [2.24, 2.45) is 0 Å². The minimum Gasteiger partial charge on any atom is -0.496 e. The summed E-state index contributed by atoms with van der Waals surface area (Å²) < 4.78 is 18.4. The lowest BCUT2D eigenvalue weighted by atomic mass is 10.2. The van der Waals surface area contributed by atoms with Crippen LogP contribution in [-0.2, 0) is 13.1 Å². The van der Waals surface area contributed by atoms with Gasteiger partial charge in [0.15, 0.2) is 0 Å². The van der Waals surface area contributed by atoms with E-state index < -0.39 is 0 Å². The van der Waals surface area contributed by atoms with Gasteiger partial charge in [0.05, 0.1) is 7.11 Å². The van der Waals surface area contributed by atoms with Crippen molar-refractivity contribution < 1.29 is 9.13 Å². The van der Waals surface area contributed by atoms with Gasteiger partial charge in [-0.1, -0.05) is 0 Å². The van der Waals surface area contributed by atoms with Crippen LogP contribution in [0, 0.1) is 12.7 Å². The molecule has 1 N–H and O–H groups in total. The number of hydrogen-bond donors (Lipinski definition) is 1. The van der Waals surface area contributed by atoms with E-state index in [1.807, 2.05) is 0 Å². The second-order valence-corrected chi connectivity index (χ2v) is 5.44. The number of benzene rings is 1. The fraction of sp³-hybridized carbons (Fsp3) is 0.286. The molecule has 0 bridgehead atoms. The van der Waals surface area contributed by atoms with Gasteiger partial charge in [-0.3, -0.25) is 0 Å². The van der Waals surface area contributed by atoms with Gasteiger partial charge in [0, 0.05) is 28.4 Å². The van der Waals surface area contributed by atoms with Crippen molar-refractivity contribution >= 4 is 11.3 Å². The largest absolute Gasteiger partial charge is 0.496 e. The fourth-order valence-electron chi connectivity index (χ4n) is 1.79. The molecule has 0 fully saturated rings. The van der Waals surface area contributed by atoms with E-state index in [2.05, 4.69) is 24.4 Å². The Hall–Kier alpha value is -1.39. The highest BCUT2D eigenvalue weighted by molar-refractivity contribution is 7.11. The van der Waals surface area contributed by atoms with Crippen LogP contribution in [0.1, 0.15) is 15.3 Å². The van der Waals surface area contributed by atoms with E-state index in [0.717, 1.165) is 12.1 Å². The van der Waals surface area contributed by atoms with Gasteiger partial charge in [-0.25, -0.2) is 4.39 Å². The summed E-state index contributed by atoms with van der Waals surface area (Å²) >= 11 is 1.77. The second-order valence-electron chi connectivity index (χ2n) is 4.07. The Morgan fingerprint density at radius 3 is 2.72 bits per heavy atom. The molecule has 0 aliphatic rings. The van der Waals surface area contributed by atoms with Gasteiger partial charge in [-0.2, -0.15) is 0 Å². The molecule has 0 atom stereocenters. The summed E-state index contributed by atoms with van der Waals surface area (Å²) in [6.07, 6.45) is 0. The molecule has 0 aliphatic heterocycles. The highest BCUT2D eigenvalue weighted by atomic mass is 32.1. The molecule has 2 aromatic rings. The summed E-state index contributed by atoms with van der Waals surface area (Å²) in [5, 5.41) is 3.30. The quantitative estimate of drug-likeness (QED) is 0.893. The van der Waals surface area contributed by atoms with Gasteiger partial charge in [0.2, 0.25) is 0 Å². The highest BCUT2D eigenvalue weighted by Crippen LogP contribution is 2.20. The molecule has 0 radical (unpaired) electrons. The lowest BCUT2D eigenvalue weighted by Gasteiger charge is -2.09. The summed E-state index contributed by atoms with van der Waals surface area (Å²) in [5.41, 5.74) is 0.839. The minimum absolute atomic E-state index is 0.237. The van der Waals surface area contributed by atoms with Crippen LogP contribution < -0.4 is 10.1 Å². The third-order valence-electron chi connectivity index (χ3n) is 2.65. The summed E-state index contributed by atoms with van der Waals surface area (Å²) in [5.74, 6) is 0.478. The first-order valence-corrected chi connectivity index (χ1v) is 6.59. The molecule has 1 aromatic heterocycles. The molecule has 0 saturated heterocycles. The minimum atomic E-state index is -0.237. The van der Waals surface area contributed by atoms with Crippen LogP contribution in [0.15, 0.2) is 30.3 Å².